The minimum absolute atomic E-state index is 0. The molecule has 1 aromatic carbocycles. The lowest BCUT2D eigenvalue weighted by Crippen LogP contribution is -2.36. The van der Waals surface area contributed by atoms with E-state index in [0.29, 0.717) is 6.54 Å². The Morgan fingerprint density at radius 2 is 2.10 bits per heavy atom. The van der Waals surface area contributed by atoms with Crippen molar-refractivity contribution in [2.24, 2.45) is 0 Å². The van der Waals surface area contributed by atoms with Gasteiger partial charge >= 0.3 is 0 Å². The van der Waals surface area contributed by atoms with E-state index in [0.717, 1.165) is 17.5 Å². The molecule has 2 rings (SSSR count). The van der Waals surface area contributed by atoms with Crippen LogP contribution in [0.2, 0.25) is 0 Å². The summed E-state index contributed by atoms with van der Waals surface area (Å²) in [5.74, 6) is -0.0165. The number of aromatic nitrogens is 2. The molecule has 0 fully saturated rings. The summed E-state index contributed by atoms with van der Waals surface area (Å²) in [7, 11) is 1.79. The van der Waals surface area contributed by atoms with Gasteiger partial charge in [0.2, 0.25) is 5.91 Å². The van der Waals surface area contributed by atoms with Crippen molar-refractivity contribution in [3.8, 4) is 0 Å². The van der Waals surface area contributed by atoms with E-state index in [2.05, 4.69) is 20.8 Å². The average molecular weight is 295 g/mol. The number of amides is 1. The first kappa shape index (κ1) is 16.2. The van der Waals surface area contributed by atoms with Crippen molar-refractivity contribution >= 4 is 18.3 Å². The molecule has 2 aromatic rings. The third kappa shape index (κ3) is 4.36. The van der Waals surface area contributed by atoms with Crippen molar-refractivity contribution in [2.75, 3.05) is 13.6 Å². The number of likely N-dealkylation sites (N-methyl/N-ethyl adjacent to an activating group) is 1. The smallest absolute Gasteiger partial charge is 0.241 e. The van der Waals surface area contributed by atoms with E-state index in [1.807, 2.05) is 36.5 Å². The molecular weight excluding hydrogens is 276 g/mol. The summed E-state index contributed by atoms with van der Waals surface area (Å²) in [5, 5.41) is 12.6. The lowest BCUT2D eigenvalue weighted by Gasteiger charge is -2.16. The van der Waals surface area contributed by atoms with Crippen molar-refractivity contribution in [1.29, 1.82) is 0 Å². The summed E-state index contributed by atoms with van der Waals surface area (Å²) in [6.45, 7) is 0.601. The number of hydrogen-bond donors (Lipinski definition) is 3. The van der Waals surface area contributed by atoms with E-state index >= 15 is 0 Å². The molecule has 5 nitrogen and oxygen atoms in total. The van der Waals surface area contributed by atoms with Crippen molar-refractivity contribution in [2.45, 2.75) is 12.5 Å². The second-order valence-corrected chi connectivity index (χ2v) is 4.28. The fourth-order valence-electron chi connectivity index (χ4n) is 1.94. The molecule has 1 amide bonds. The first-order valence-corrected chi connectivity index (χ1v) is 6.29. The highest BCUT2D eigenvalue weighted by atomic mass is 35.5. The second kappa shape index (κ2) is 8.35. The molecule has 0 spiro atoms. The topological polar surface area (TPSA) is 69.8 Å². The highest BCUT2D eigenvalue weighted by molar-refractivity contribution is 5.85. The minimum atomic E-state index is -0.314. The number of benzene rings is 1. The molecule has 6 heteroatoms. The molecule has 1 unspecified atom stereocenters. The number of rotatable bonds is 6. The van der Waals surface area contributed by atoms with Crippen LogP contribution in [0.5, 0.6) is 0 Å². The molecule has 0 saturated heterocycles. The van der Waals surface area contributed by atoms with Crippen molar-refractivity contribution in [3.63, 3.8) is 0 Å². The maximum atomic E-state index is 12.1. The zero-order valence-corrected chi connectivity index (χ0v) is 12.1. The number of carbonyl (C=O) groups excluding carboxylic acids is 1. The van der Waals surface area contributed by atoms with Crippen LogP contribution in [-0.4, -0.2) is 29.7 Å². The van der Waals surface area contributed by atoms with Gasteiger partial charge in [-0.15, -0.1) is 12.4 Å². The van der Waals surface area contributed by atoms with Crippen molar-refractivity contribution < 1.29 is 4.79 Å². The van der Waals surface area contributed by atoms with Crippen LogP contribution in [0.4, 0.5) is 0 Å². The average Bonchev–Trinajstić information content (AvgIpc) is 2.94. The molecule has 0 aliphatic heterocycles. The van der Waals surface area contributed by atoms with Crippen LogP contribution in [0.15, 0.2) is 42.7 Å². The van der Waals surface area contributed by atoms with Gasteiger partial charge in [-0.25, -0.2) is 0 Å². The molecule has 0 saturated carbocycles. The number of nitrogens with one attached hydrogen (secondary N) is 3. The Labute approximate surface area is 124 Å². The predicted octanol–water partition coefficient (Wildman–Crippen LogP) is 1.45. The molecule has 3 N–H and O–H groups in total. The monoisotopic (exact) mass is 294 g/mol. The number of H-pyrrole nitrogens is 1. The predicted molar refractivity (Wildman–Crippen MR) is 80.8 cm³/mol. The fraction of sp³-hybridized carbons (Fsp3) is 0.286. The summed E-state index contributed by atoms with van der Waals surface area (Å²) in [4.78, 5) is 12.1. The van der Waals surface area contributed by atoms with E-state index in [1.54, 1.807) is 13.2 Å². The summed E-state index contributed by atoms with van der Waals surface area (Å²) >= 11 is 0. The van der Waals surface area contributed by atoms with Gasteiger partial charge in [-0.3, -0.25) is 9.89 Å². The Hall–Kier alpha value is -1.85. The molecule has 1 atom stereocenters. The van der Waals surface area contributed by atoms with Crippen LogP contribution in [0, 0.1) is 0 Å². The van der Waals surface area contributed by atoms with E-state index in [4.69, 9.17) is 0 Å². The van der Waals surface area contributed by atoms with E-state index in [9.17, 15) is 4.79 Å². The molecule has 0 radical (unpaired) electrons. The number of halogens is 1. The number of hydrogen-bond acceptors (Lipinski definition) is 3. The van der Waals surface area contributed by atoms with Crippen LogP contribution in [-0.2, 0) is 11.2 Å². The van der Waals surface area contributed by atoms with Gasteiger partial charge in [-0.1, -0.05) is 30.3 Å². The first-order chi connectivity index (χ1) is 9.31. The summed E-state index contributed by atoms with van der Waals surface area (Å²) in [6.07, 6.45) is 4.37. The van der Waals surface area contributed by atoms with Gasteiger partial charge in [-0.2, -0.15) is 5.10 Å². The lowest BCUT2D eigenvalue weighted by atomic mass is 10.1. The largest absolute Gasteiger partial charge is 0.354 e. The second-order valence-electron chi connectivity index (χ2n) is 4.28. The Balaban J connectivity index is 0.00000200. The standard InChI is InChI=1S/C14H18N4O.ClH/c1-15-13(12-5-3-2-4-6-12)14(19)16-8-7-11-9-17-18-10-11;/h2-6,9-10,13,15H,7-8H2,1H3,(H,16,19)(H,17,18);1H. The van der Waals surface area contributed by atoms with Gasteiger partial charge < -0.3 is 10.6 Å². The van der Waals surface area contributed by atoms with Crippen molar-refractivity contribution in [1.82, 2.24) is 20.8 Å². The Kier molecular flexibility index (Phi) is 6.76. The third-order valence-corrected chi connectivity index (χ3v) is 2.95. The van der Waals surface area contributed by atoms with Crippen LogP contribution in [0.3, 0.4) is 0 Å². The molecular formula is C14H19ClN4O. The molecule has 0 aliphatic carbocycles. The quantitative estimate of drug-likeness (QED) is 0.755. The maximum Gasteiger partial charge on any atom is 0.241 e. The lowest BCUT2D eigenvalue weighted by molar-refractivity contribution is -0.123. The summed E-state index contributed by atoms with van der Waals surface area (Å²) in [5.41, 5.74) is 2.05. The SMILES string of the molecule is CNC(C(=O)NCCc1cn[nH]c1)c1ccccc1.Cl. The molecule has 0 bridgehead atoms. The molecule has 108 valence electrons. The van der Waals surface area contributed by atoms with E-state index in [1.165, 1.54) is 0 Å². The van der Waals surface area contributed by atoms with E-state index in [-0.39, 0.29) is 24.4 Å². The maximum absolute atomic E-state index is 12.1. The normalized spacial score (nSPS) is 11.4. The number of carbonyl (C=O) groups is 1. The zero-order chi connectivity index (χ0) is 13.5. The van der Waals surface area contributed by atoms with Gasteiger partial charge in [-0.05, 0) is 24.6 Å². The summed E-state index contributed by atoms with van der Waals surface area (Å²) in [6, 6.07) is 9.36. The van der Waals surface area contributed by atoms with Gasteiger partial charge in [0.05, 0.1) is 6.20 Å². The fourth-order valence-corrected chi connectivity index (χ4v) is 1.94. The molecule has 1 heterocycles. The molecule has 1 aromatic heterocycles. The Bertz CT molecular complexity index is 501. The highest BCUT2D eigenvalue weighted by Crippen LogP contribution is 2.11. The molecule has 0 aliphatic rings. The third-order valence-electron chi connectivity index (χ3n) is 2.95. The van der Waals surface area contributed by atoms with Crippen molar-refractivity contribution in [3.05, 3.63) is 53.9 Å². The molecule has 20 heavy (non-hydrogen) atoms. The van der Waals surface area contributed by atoms with Gasteiger partial charge in [0.15, 0.2) is 0 Å². The van der Waals surface area contributed by atoms with Crippen LogP contribution in [0.1, 0.15) is 17.2 Å². The van der Waals surface area contributed by atoms with Gasteiger partial charge in [0, 0.05) is 12.7 Å². The van der Waals surface area contributed by atoms with Crippen LogP contribution < -0.4 is 10.6 Å². The van der Waals surface area contributed by atoms with Gasteiger partial charge in [0.1, 0.15) is 6.04 Å². The Morgan fingerprint density at radius 1 is 1.35 bits per heavy atom. The highest BCUT2D eigenvalue weighted by Gasteiger charge is 2.17. The van der Waals surface area contributed by atoms with Gasteiger partial charge in [0.25, 0.3) is 0 Å². The number of nitrogens with zero attached hydrogens (tertiary/aromatic N) is 1. The Morgan fingerprint density at radius 3 is 2.70 bits per heavy atom. The number of aromatic amines is 1. The van der Waals surface area contributed by atoms with Crippen LogP contribution >= 0.6 is 12.4 Å². The first-order valence-electron chi connectivity index (χ1n) is 6.29. The summed E-state index contributed by atoms with van der Waals surface area (Å²) < 4.78 is 0. The van der Waals surface area contributed by atoms with Crippen LogP contribution in [0.25, 0.3) is 0 Å². The zero-order valence-electron chi connectivity index (χ0n) is 11.3. The van der Waals surface area contributed by atoms with E-state index < -0.39 is 0 Å². The minimum Gasteiger partial charge on any atom is -0.354 e.